The number of hydrogen-bond donors (Lipinski definition) is 4. The fraction of sp³-hybridized carbons (Fsp3) is 0.316. The SMILES string of the molecule is CC[C@@H](NC1=C(Nc2ccc(Cl)c3c2C(=O)NC3)C(=O)C1O)c1ncc(C)o1. The second-order valence-electron chi connectivity index (χ2n) is 6.73. The summed E-state index contributed by atoms with van der Waals surface area (Å²) in [5, 5.41) is 19.5. The molecule has 4 N–H and O–H groups in total. The maximum atomic E-state index is 12.3. The third-order valence-corrected chi connectivity index (χ3v) is 5.24. The van der Waals surface area contributed by atoms with E-state index in [-0.39, 0.29) is 17.6 Å². The number of oxazole rings is 1. The zero-order valence-electron chi connectivity index (χ0n) is 15.3. The van der Waals surface area contributed by atoms with Gasteiger partial charge in [-0.25, -0.2) is 4.98 Å². The van der Waals surface area contributed by atoms with Crippen LogP contribution < -0.4 is 16.0 Å². The number of amides is 1. The van der Waals surface area contributed by atoms with Crippen LogP contribution in [0.15, 0.2) is 34.1 Å². The molecule has 8 nitrogen and oxygen atoms in total. The molecule has 0 spiro atoms. The Morgan fingerprint density at radius 3 is 2.89 bits per heavy atom. The van der Waals surface area contributed by atoms with Gasteiger partial charge in [0, 0.05) is 17.1 Å². The van der Waals surface area contributed by atoms with Crippen LogP contribution in [0.3, 0.4) is 0 Å². The summed E-state index contributed by atoms with van der Waals surface area (Å²) in [5.74, 6) is 0.438. The number of halogens is 1. The molecule has 9 heteroatoms. The summed E-state index contributed by atoms with van der Waals surface area (Å²) in [6.07, 6.45) is 0.989. The number of nitrogens with one attached hydrogen (secondary N) is 3. The second-order valence-corrected chi connectivity index (χ2v) is 7.13. The van der Waals surface area contributed by atoms with E-state index >= 15 is 0 Å². The highest BCUT2D eigenvalue weighted by Gasteiger charge is 2.40. The largest absolute Gasteiger partial charge is 0.444 e. The highest BCUT2D eigenvalue weighted by Crippen LogP contribution is 2.34. The quantitative estimate of drug-likeness (QED) is 0.585. The molecule has 146 valence electrons. The van der Waals surface area contributed by atoms with E-state index in [0.717, 1.165) is 0 Å². The molecular formula is C19H19ClN4O4. The number of rotatable bonds is 6. The number of anilines is 1. The Bertz CT molecular complexity index is 1010. The van der Waals surface area contributed by atoms with Gasteiger partial charge < -0.3 is 25.5 Å². The van der Waals surface area contributed by atoms with Crippen LogP contribution in [0, 0.1) is 6.92 Å². The number of aryl methyl sites for hydroxylation is 1. The van der Waals surface area contributed by atoms with E-state index < -0.39 is 11.9 Å². The Morgan fingerprint density at radius 2 is 2.21 bits per heavy atom. The number of aliphatic hydroxyl groups excluding tert-OH is 1. The summed E-state index contributed by atoms with van der Waals surface area (Å²) in [4.78, 5) is 28.6. The first-order valence-corrected chi connectivity index (χ1v) is 9.30. The molecule has 0 saturated heterocycles. The van der Waals surface area contributed by atoms with Crippen molar-refractivity contribution in [2.45, 2.75) is 39.0 Å². The molecule has 1 unspecified atom stereocenters. The highest BCUT2D eigenvalue weighted by molar-refractivity contribution is 6.32. The monoisotopic (exact) mass is 402 g/mol. The molecule has 2 heterocycles. The van der Waals surface area contributed by atoms with Crippen LogP contribution in [0.4, 0.5) is 5.69 Å². The van der Waals surface area contributed by atoms with Crippen molar-refractivity contribution in [3.8, 4) is 0 Å². The van der Waals surface area contributed by atoms with Gasteiger partial charge in [0.1, 0.15) is 17.5 Å². The van der Waals surface area contributed by atoms with E-state index in [9.17, 15) is 14.7 Å². The molecule has 1 aliphatic heterocycles. The van der Waals surface area contributed by atoms with Crippen molar-refractivity contribution in [2.24, 2.45) is 0 Å². The van der Waals surface area contributed by atoms with Gasteiger partial charge >= 0.3 is 0 Å². The molecule has 0 fully saturated rings. The van der Waals surface area contributed by atoms with Crippen molar-refractivity contribution in [3.05, 3.63) is 57.5 Å². The molecule has 2 atom stereocenters. The Labute approximate surface area is 166 Å². The predicted molar refractivity (Wildman–Crippen MR) is 102 cm³/mol. The van der Waals surface area contributed by atoms with Gasteiger partial charge in [0.25, 0.3) is 5.91 Å². The van der Waals surface area contributed by atoms with E-state index in [4.69, 9.17) is 16.0 Å². The first-order valence-electron chi connectivity index (χ1n) is 8.92. The fourth-order valence-electron chi connectivity index (χ4n) is 3.35. The first kappa shape index (κ1) is 18.5. The molecule has 1 aromatic heterocycles. The zero-order valence-corrected chi connectivity index (χ0v) is 16.1. The van der Waals surface area contributed by atoms with E-state index in [1.54, 1.807) is 25.3 Å². The average molecular weight is 403 g/mol. The Morgan fingerprint density at radius 1 is 1.43 bits per heavy atom. The minimum Gasteiger partial charge on any atom is -0.444 e. The summed E-state index contributed by atoms with van der Waals surface area (Å²) < 4.78 is 5.56. The number of fused-ring (bicyclic) bond motifs is 1. The molecule has 0 saturated carbocycles. The molecule has 2 aromatic rings. The van der Waals surface area contributed by atoms with Crippen LogP contribution in [-0.2, 0) is 11.3 Å². The first-order chi connectivity index (χ1) is 13.4. The van der Waals surface area contributed by atoms with E-state index in [2.05, 4.69) is 20.9 Å². The van der Waals surface area contributed by atoms with Gasteiger partial charge in [-0.15, -0.1) is 0 Å². The van der Waals surface area contributed by atoms with Crippen molar-refractivity contribution in [1.82, 2.24) is 15.6 Å². The fourth-order valence-corrected chi connectivity index (χ4v) is 3.57. The van der Waals surface area contributed by atoms with Crippen molar-refractivity contribution in [1.29, 1.82) is 0 Å². The summed E-state index contributed by atoms with van der Waals surface area (Å²) in [6.45, 7) is 4.07. The second kappa shape index (κ2) is 6.96. The lowest BCUT2D eigenvalue weighted by Gasteiger charge is -2.32. The number of aromatic nitrogens is 1. The molecule has 1 amide bonds. The van der Waals surface area contributed by atoms with Gasteiger partial charge in [0.05, 0.1) is 23.1 Å². The number of carbonyl (C=O) groups is 2. The molecule has 0 bridgehead atoms. The summed E-state index contributed by atoms with van der Waals surface area (Å²) in [5.41, 5.74) is 2.10. The lowest BCUT2D eigenvalue weighted by molar-refractivity contribution is -0.124. The minimum absolute atomic E-state index is 0.207. The topological polar surface area (TPSA) is 116 Å². The molecule has 28 heavy (non-hydrogen) atoms. The molecule has 0 radical (unpaired) electrons. The number of nitrogens with zero attached hydrogens (tertiary/aromatic N) is 1. The van der Waals surface area contributed by atoms with Crippen molar-refractivity contribution < 1.29 is 19.1 Å². The van der Waals surface area contributed by atoms with Gasteiger partial charge in [-0.05, 0) is 25.5 Å². The predicted octanol–water partition coefficient (Wildman–Crippen LogP) is 2.19. The van der Waals surface area contributed by atoms with Gasteiger partial charge in [-0.3, -0.25) is 9.59 Å². The lowest BCUT2D eigenvalue weighted by atomic mass is 9.93. The van der Waals surface area contributed by atoms with Crippen molar-refractivity contribution in [3.63, 3.8) is 0 Å². The van der Waals surface area contributed by atoms with Crippen LogP contribution in [0.25, 0.3) is 0 Å². The van der Waals surface area contributed by atoms with Crippen molar-refractivity contribution in [2.75, 3.05) is 5.32 Å². The number of benzene rings is 1. The standard InChI is InChI=1S/C19H19ClN4O4/c1-3-11(19-22-6-8(2)28-19)23-14-15(17(26)16(14)25)24-12-5-4-10(20)9-7-21-18(27)13(9)12/h4-6,11,16,23-25H,3,7H2,1-2H3,(H,21,27)/t11-,16?/m1/s1. The van der Waals surface area contributed by atoms with Crippen LogP contribution >= 0.6 is 11.6 Å². The highest BCUT2D eigenvalue weighted by atomic mass is 35.5. The maximum absolute atomic E-state index is 12.3. The number of ketones is 1. The number of carbonyl (C=O) groups excluding carboxylic acids is 2. The maximum Gasteiger partial charge on any atom is 0.254 e. The van der Waals surface area contributed by atoms with Crippen LogP contribution in [0.2, 0.25) is 5.02 Å². The average Bonchev–Trinajstić information content (AvgIpc) is 3.29. The summed E-state index contributed by atoms with van der Waals surface area (Å²) in [7, 11) is 0. The molecule has 1 aromatic carbocycles. The van der Waals surface area contributed by atoms with E-state index in [1.165, 1.54) is 0 Å². The van der Waals surface area contributed by atoms with Gasteiger partial charge in [-0.2, -0.15) is 0 Å². The zero-order chi connectivity index (χ0) is 20.0. The van der Waals surface area contributed by atoms with E-state index in [0.29, 0.717) is 52.2 Å². The van der Waals surface area contributed by atoms with Gasteiger partial charge in [-0.1, -0.05) is 18.5 Å². The summed E-state index contributed by atoms with van der Waals surface area (Å²) in [6, 6.07) is 3.01. The third kappa shape index (κ3) is 2.94. The summed E-state index contributed by atoms with van der Waals surface area (Å²) >= 11 is 6.16. The van der Waals surface area contributed by atoms with Crippen molar-refractivity contribution >= 4 is 29.0 Å². The third-order valence-electron chi connectivity index (χ3n) is 4.88. The Hall–Kier alpha value is -2.84. The van der Waals surface area contributed by atoms with Crippen LogP contribution in [0.5, 0.6) is 0 Å². The number of hydrogen-bond acceptors (Lipinski definition) is 7. The van der Waals surface area contributed by atoms with Gasteiger partial charge in [0.2, 0.25) is 11.7 Å². The molecule has 2 aliphatic rings. The minimum atomic E-state index is -1.26. The van der Waals surface area contributed by atoms with Crippen LogP contribution in [-0.4, -0.2) is 27.9 Å². The normalized spacial score (nSPS) is 19.2. The van der Waals surface area contributed by atoms with E-state index in [1.807, 2.05) is 6.92 Å². The Balaban J connectivity index is 1.65. The lowest BCUT2D eigenvalue weighted by Crippen LogP contribution is -2.46. The number of aliphatic hydroxyl groups is 1. The van der Waals surface area contributed by atoms with Crippen LogP contribution in [0.1, 0.15) is 47.0 Å². The number of Topliss-reactive ketones (excluding diaryl/α,β-unsaturated/α-hetero) is 1. The molecule has 4 rings (SSSR count). The Kier molecular flexibility index (Phi) is 4.60. The van der Waals surface area contributed by atoms with Gasteiger partial charge in [0.15, 0.2) is 6.10 Å². The molecular weight excluding hydrogens is 384 g/mol. The molecule has 1 aliphatic carbocycles. The smallest absolute Gasteiger partial charge is 0.254 e.